The van der Waals surface area contributed by atoms with Crippen molar-refractivity contribution in [1.29, 1.82) is 0 Å². The van der Waals surface area contributed by atoms with Crippen LogP contribution in [0.2, 0.25) is 0 Å². The Kier molecular flexibility index (Phi) is 13.2. The number of hydrogen-bond acceptors (Lipinski definition) is 11. The number of anilines is 3. The third kappa shape index (κ3) is 13.2. The Hall–Kier alpha value is -4.17. The summed E-state index contributed by atoms with van der Waals surface area (Å²) < 4.78 is 54.2. The number of hydrogen-bond donors (Lipinski definition) is 3. The van der Waals surface area contributed by atoms with Crippen molar-refractivity contribution >= 4 is 23.9 Å². The molecule has 45 heavy (non-hydrogen) atoms. The van der Waals surface area contributed by atoms with Crippen molar-refractivity contribution in [3.05, 3.63) is 53.6 Å². The fourth-order valence-corrected chi connectivity index (χ4v) is 4.52. The number of nitrogens with zero attached hydrogens (tertiary/aromatic N) is 4. The highest BCUT2D eigenvalue weighted by Crippen LogP contribution is 2.26. The van der Waals surface area contributed by atoms with Crippen molar-refractivity contribution in [3.63, 3.8) is 0 Å². The first-order valence-corrected chi connectivity index (χ1v) is 14.6. The number of ether oxygens (including phenoxy) is 3. The van der Waals surface area contributed by atoms with Crippen LogP contribution < -0.4 is 30.2 Å². The molecule has 0 saturated heterocycles. The lowest BCUT2D eigenvalue weighted by molar-refractivity contribution is -0.154. The van der Waals surface area contributed by atoms with Gasteiger partial charge in [0.25, 0.3) is 0 Å². The Labute approximate surface area is 261 Å². The van der Waals surface area contributed by atoms with Crippen LogP contribution in [-0.4, -0.2) is 86.4 Å². The van der Waals surface area contributed by atoms with E-state index >= 15 is 0 Å². The van der Waals surface area contributed by atoms with Crippen LogP contribution in [0.1, 0.15) is 42.6 Å². The molecule has 1 aromatic heterocycles. The summed E-state index contributed by atoms with van der Waals surface area (Å²) in [4.78, 5) is 25.7. The lowest BCUT2D eigenvalue weighted by Crippen LogP contribution is -2.36. The highest BCUT2D eigenvalue weighted by Gasteiger charge is 2.29. The van der Waals surface area contributed by atoms with Crippen LogP contribution in [0, 0.1) is 5.41 Å². The second-order valence-corrected chi connectivity index (χ2v) is 11.5. The third-order valence-electron chi connectivity index (χ3n) is 6.22. The Morgan fingerprint density at radius 3 is 2.33 bits per heavy atom. The van der Waals surface area contributed by atoms with Gasteiger partial charge in [-0.3, -0.25) is 4.79 Å². The van der Waals surface area contributed by atoms with Crippen molar-refractivity contribution in [1.82, 2.24) is 25.2 Å². The third-order valence-corrected chi connectivity index (χ3v) is 6.22. The lowest BCUT2D eigenvalue weighted by Gasteiger charge is -2.27. The molecular formula is C31H42F3N7O4. The summed E-state index contributed by atoms with van der Waals surface area (Å²) in [5.41, 5.74) is 2.08. The van der Waals surface area contributed by atoms with Gasteiger partial charge in [-0.05, 0) is 69.2 Å². The highest BCUT2D eigenvalue weighted by atomic mass is 19.4. The van der Waals surface area contributed by atoms with E-state index in [-0.39, 0.29) is 11.9 Å². The fraction of sp³-hybridized carbons (Fsp3) is 0.484. The van der Waals surface area contributed by atoms with E-state index in [0.717, 1.165) is 25.1 Å². The maximum atomic E-state index is 12.7. The van der Waals surface area contributed by atoms with Crippen LogP contribution in [0.4, 0.5) is 30.8 Å². The van der Waals surface area contributed by atoms with Crippen LogP contribution in [0.25, 0.3) is 0 Å². The van der Waals surface area contributed by atoms with Gasteiger partial charge in [0.15, 0.2) is 12.9 Å². The molecule has 11 nitrogen and oxygen atoms in total. The first kappa shape index (κ1) is 35.3. The van der Waals surface area contributed by atoms with E-state index in [1.54, 1.807) is 18.2 Å². The summed E-state index contributed by atoms with van der Waals surface area (Å²) in [6.07, 6.45) is -2.42. The van der Waals surface area contributed by atoms with Gasteiger partial charge in [-0.1, -0.05) is 26.0 Å². The smallest absolute Gasteiger partial charge is 0.422 e. The predicted molar refractivity (Wildman–Crippen MR) is 167 cm³/mol. The van der Waals surface area contributed by atoms with Crippen molar-refractivity contribution < 1.29 is 32.2 Å². The maximum absolute atomic E-state index is 12.7. The van der Waals surface area contributed by atoms with E-state index in [4.69, 9.17) is 14.2 Å². The van der Waals surface area contributed by atoms with Crippen LogP contribution in [0.15, 0.2) is 42.5 Å². The number of benzene rings is 2. The molecule has 2 aliphatic heterocycles. The van der Waals surface area contributed by atoms with Crippen LogP contribution in [-0.2, 0) is 6.54 Å². The number of aldehydes is 1. The zero-order valence-electron chi connectivity index (χ0n) is 26.3. The predicted octanol–water partition coefficient (Wildman–Crippen LogP) is 5.33. The van der Waals surface area contributed by atoms with Gasteiger partial charge in [0.1, 0.15) is 11.5 Å². The first-order chi connectivity index (χ1) is 21.4. The number of fused-ring (bicyclic) bond motifs is 8. The Balaban J connectivity index is 0.000000477. The summed E-state index contributed by atoms with van der Waals surface area (Å²) in [5.74, 6) is 1.02. The number of halogens is 3. The Morgan fingerprint density at radius 2 is 1.69 bits per heavy atom. The summed E-state index contributed by atoms with van der Waals surface area (Å²) in [7, 11) is 6.21. The Morgan fingerprint density at radius 1 is 1.00 bits per heavy atom. The quantitative estimate of drug-likeness (QED) is 0.293. The van der Waals surface area contributed by atoms with E-state index in [0.29, 0.717) is 60.6 Å². The summed E-state index contributed by atoms with van der Waals surface area (Å²) in [5, 5.41) is 9.05. The zero-order valence-corrected chi connectivity index (χ0v) is 26.3. The van der Waals surface area contributed by atoms with E-state index in [2.05, 4.69) is 63.7 Å². The molecule has 14 heteroatoms. The number of alkyl halides is 3. The maximum Gasteiger partial charge on any atom is 0.422 e. The zero-order chi connectivity index (χ0) is 32.9. The van der Waals surface area contributed by atoms with E-state index < -0.39 is 18.8 Å². The van der Waals surface area contributed by atoms with Crippen molar-refractivity contribution in [2.24, 2.45) is 5.41 Å². The van der Waals surface area contributed by atoms with E-state index in [1.165, 1.54) is 0 Å². The van der Waals surface area contributed by atoms with Gasteiger partial charge >= 0.3 is 12.2 Å². The molecular weight excluding hydrogens is 591 g/mol. The second-order valence-electron chi connectivity index (χ2n) is 11.5. The SMILES string of the molecule is CNCC(C)(C)CN(C)C.O=Cc1ccc2cc1OCCCCOc1ccc(cc1)CNc1nc(nc(OCC(F)(F)F)n1)N2. The average molecular weight is 634 g/mol. The number of aromatic nitrogens is 3. The molecule has 6 bridgehead atoms. The molecule has 3 aromatic rings. The summed E-state index contributed by atoms with van der Waals surface area (Å²) in [6.45, 7) is 6.36. The van der Waals surface area contributed by atoms with Crippen LogP contribution in [0.3, 0.4) is 0 Å². The molecule has 5 rings (SSSR count). The Bertz CT molecular complexity index is 1360. The normalized spacial score (nSPS) is 13.8. The minimum atomic E-state index is -4.56. The molecule has 0 saturated carbocycles. The van der Waals surface area contributed by atoms with Gasteiger partial charge in [0, 0.05) is 31.4 Å². The lowest BCUT2D eigenvalue weighted by atomic mass is 9.93. The topological polar surface area (TPSA) is 123 Å². The minimum absolute atomic E-state index is 0.0129. The monoisotopic (exact) mass is 633 g/mol. The minimum Gasteiger partial charge on any atom is -0.494 e. The number of carbonyl (C=O) groups is 1. The second kappa shape index (κ2) is 16.8. The van der Waals surface area contributed by atoms with E-state index in [9.17, 15) is 18.0 Å². The number of rotatable bonds is 7. The highest BCUT2D eigenvalue weighted by molar-refractivity contribution is 5.81. The molecule has 246 valence electrons. The fourth-order valence-electron chi connectivity index (χ4n) is 4.52. The van der Waals surface area contributed by atoms with Gasteiger partial charge in [-0.25, -0.2) is 0 Å². The molecule has 2 aliphatic rings. The van der Waals surface area contributed by atoms with Crippen molar-refractivity contribution in [2.75, 3.05) is 64.7 Å². The molecule has 3 heterocycles. The van der Waals surface area contributed by atoms with Gasteiger partial charge < -0.3 is 35.1 Å². The van der Waals surface area contributed by atoms with Gasteiger partial charge in [-0.15, -0.1) is 0 Å². The molecule has 0 fully saturated rings. The van der Waals surface area contributed by atoms with E-state index in [1.807, 2.05) is 31.3 Å². The molecule has 0 amide bonds. The number of nitrogens with one attached hydrogen (secondary N) is 3. The first-order valence-electron chi connectivity index (χ1n) is 14.6. The molecule has 0 aliphatic carbocycles. The van der Waals surface area contributed by atoms with Gasteiger partial charge in [0.05, 0.1) is 18.8 Å². The molecule has 3 N–H and O–H groups in total. The average Bonchev–Trinajstić information content (AvgIpc) is 2.96. The number of carbonyl (C=O) groups excluding carboxylic acids is 1. The van der Waals surface area contributed by atoms with Crippen molar-refractivity contribution in [3.8, 4) is 17.5 Å². The van der Waals surface area contributed by atoms with Crippen LogP contribution in [0.5, 0.6) is 17.5 Å². The molecule has 0 spiro atoms. The van der Waals surface area contributed by atoms with Crippen LogP contribution >= 0.6 is 0 Å². The van der Waals surface area contributed by atoms with Gasteiger partial charge in [-0.2, -0.15) is 28.1 Å². The molecule has 0 atom stereocenters. The van der Waals surface area contributed by atoms with Crippen molar-refractivity contribution in [2.45, 2.75) is 39.4 Å². The standard InChI is InChI=1S/C23H22F3N5O4.C8H20N2/c24-23(25,26)14-35-22-30-20-27-12-15-3-7-18(8-4-15)33-9-1-2-10-34-19-11-17(6-5-16(19)13-32)28-21(29-20)31-22;1-8(2,6-9-3)7-10(4)5/h3-8,11,13H,1-2,9-10,12,14H2,(H2,27,28,29,30,31);9H,6-7H2,1-5H3. The molecule has 0 unspecified atom stereocenters. The summed E-state index contributed by atoms with van der Waals surface area (Å²) >= 11 is 0. The molecule has 0 radical (unpaired) electrons. The molecule has 2 aromatic carbocycles. The van der Waals surface area contributed by atoms with Gasteiger partial charge in [0.2, 0.25) is 11.9 Å². The summed E-state index contributed by atoms with van der Waals surface area (Å²) in [6, 6.07) is 11.6. The largest absolute Gasteiger partial charge is 0.494 e.